The topological polar surface area (TPSA) is 9.23 Å². The third kappa shape index (κ3) is 2.51. The van der Waals surface area contributed by atoms with Crippen LogP contribution in [0.3, 0.4) is 0 Å². The molecular weight excluding hydrogens is 255 g/mol. The van der Waals surface area contributed by atoms with Crippen molar-refractivity contribution in [1.29, 1.82) is 0 Å². The van der Waals surface area contributed by atoms with E-state index >= 15 is 0 Å². The Morgan fingerprint density at radius 1 is 1.50 bits per heavy atom. The standard InChI is InChI=1S/C7H15IOSi/c1-10(2)9-7-3-6(4-7)5-8/h6-7,10H,3-5H2,1-2H3. The molecule has 0 aromatic rings. The fourth-order valence-corrected chi connectivity index (χ4v) is 3.01. The summed E-state index contributed by atoms with van der Waals surface area (Å²) < 4.78 is 7.07. The van der Waals surface area contributed by atoms with Crippen LogP contribution in [-0.4, -0.2) is 19.6 Å². The molecule has 0 N–H and O–H groups in total. The van der Waals surface area contributed by atoms with Crippen LogP contribution >= 0.6 is 22.6 Å². The van der Waals surface area contributed by atoms with Crippen molar-refractivity contribution in [2.24, 2.45) is 5.92 Å². The van der Waals surface area contributed by atoms with E-state index < -0.39 is 9.04 Å². The van der Waals surface area contributed by atoms with Crippen molar-refractivity contribution in [1.82, 2.24) is 0 Å². The first-order chi connectivity index (χ1) is 4.72. The lowest BCUT2D eigenvalue weighted by atomic mass is 9.84. The Bertz CT molecular complexity index is 102. The van der Waals surface area contributed by atoms with Gasteiger partial charge in [-0.3, -0.25) is 0 Å². The van der Waals surface area contributed by atoms with Crippen molar-refractivity contribution in [3.8, 4) is 0 Å². The van der Waals surface area contributed by atoms with Crippen LogP contribution in [-0.2, 0) is 4.43 Å². The van der Waals surface area contributed by atoms with E-state index in [2.05, 4.69) is 35.7 Å². The SMILES string of the molecule is C[SiH](C)OC1CC(CI)C1. The van der Waals surface area contributed by atoms with Gasteiger partial charge in [-0.05, 0) is 31.9 Å². The van der Waals surface area contributed by atoms with Crippen LogP contribution in [0.1, 0.15) is 12.8 Å². The molecule has 0 spiro atoms. The monoisotopic (exact) mass is 270 g/mol. The van der Waals surface area contributed by atoms with Crippen molar-refractivity contribution in [3.63, 3.8) is 0 Å². The zero-order valence-corrected chi connectivity index (χ0v) is 9.95. The van der Waals surface area contributed by atoms with Gasteiger partial charge in [-0.2, -0.15) is 0 Å². The second-order valence-corrected chi connectivity index (χ2v) is 6.55. The molecule has 0 unspecified atom stereocenters. The summed E-state index contributed by atoms with van der Waals surface area (Å²) in [7, 11) is -0.736. The van der Waals surface area contributed by atoms with Crippen LogP contribution in [0.5, 0.6) is 0 Å². The highest BCUT2D eigenvalue weighted by atomic mass is 127. The van der Waals surface area contributed by atoms with Crippen molar-refractivity contribution in [3.05, 3.63) is 0 Å². The van der Waals surface area contributed by atoms with Crippen LogP contribution in [0.15, 0.2) is 0 Å². The van der Waals surface area contributed by atoms with Crippen LogP contribution in [0.25, 0.3) is 0 Å². The Hall–Kier alpha value is 0.907. The van der Waals surface area contributed by atoms with Gasteiger partial charge in [0.15, 0.2) is 9.04 Å². The van der Waals surface area contributed by atoms with Gasteiger partial charge in [0.2, 0.25) is 0 Å². The molecule has 0 heterocycles. The molecule has 0 aliphatic heterocycles. The van der Waals surface area contributed by atoms with E-state index in [4.69, 9.17) is 4.43 Å². The van der Waals surface area contributed by atoms with Gasteiger partial charge in [-0.25, -0.2) is 0 Å². The summed E-state index contributed by atoms with van der Waals surface area (Å²) in [6.45, 7) is 4.49. The number of hydrogen-bond donors (Lipinski definition) is 0. The van der Waals surface area contributed by atoms with Gasteiger partial charge in [0.05, 0.1) is 0 Å². The summed E-state index contributed by atoms with van der Waals surface area (Å²) in [5.74, 6) is 0.971. The zero-order valence-electron chi connectivity index (χ0n) is 6.64. The number of halogens is 1. The zero-order chi connectivity index (χ0) is 7.56. The lowest BCUT2D eigenvalue weighted by Gasteiger charge is -2.35. The molecule has 0 aromatic carbocycles. The molecule has 1 aliphatic rings. The summed E-state index contributed by atoms with van der Waals surface area (Å²) in [5, 5.41) is 0. The Labute approximate surface area is 78.4 Å². The van der Waals surface area contributed by atoms with E-state index in [1.165, 1.54) is 17.3 Å². The highest BCUT2D eigenvalue weighted by Gasteiger charge is 2.28. The van der Waals surface area contributed by atoms with E-state index in [0.717, 1.165) is 5.92 Å². The molecule has 3 heteroatoms. The minimum absolute atomic E-state index is 0.645. The molecule has 60 valence electrons. The molecule has 0 radical (unpaired) electrons. The molecule has 1 aliphatic carbocycles. The normalized spacial score (nSPS) is 32.4. The molecule has 0 aromatic heterocycles. The summed E-state index contributed by atoms with van der Waals surface area (Å²) in [5.41, 5.74) is 0. The van der Waals surface area contributed by atoms with Crippen LogP contribution < -0.4 is 0 Å². The Morgan fingerprint density at radius 3 is 2.50 bits per heavy atom. The fourth-order valence-electron chi connectivity index (χ4n) is 1.30. The maximum absolute atomic E-state index is 5.75. The molecule has 1 rings (SSSR count). The van der Waals surface area contributed by atoms with Crippen molar-refractivity contribution in [2.75, 3.05) is 4.43 Å². The molecule has 1 nitrogen and oxygen atoms in total. The first kappa shape index (κ1) is 9.00. The van der Waals surface area contributed by atoms with E-state index in [-0.39, 0.29) is 0 Å². The smallest absolute Gasteiger partial charge is 0.171 e. The first-order valence-corrected chi connectivity index (χ1v) is 8.24. The third-order valence-corrected chi connectivity index (χ3v) is 4.05. The van der Waals surface area contributed by atoms with Gasteiger partial charge in [-0.15, -0.1) is 0 Å². The van der Waals surface area contributed by atoms with Crippen LogP contribution in [0, 0.1) is 5.92 Å². The highest BCUT2D eigenvalue weighted by molar-refractivity contribution is 14.1. The van der Waals surface area contributed by atoms with Gasteiger partial charge in [-0.1, -0.05) is 22.6 Å². The van der Waals surface area contributed by atoms with E-state index in [0.29, 0.717) is 6.10 Å². The van der Waals surface area contributed by atoms with Crippen molar-refractivity contribution in [2.45, 2.75) is 32.0 Å². The average molecular weight is 270 g/mol. The average Bonchev–Trinajstić information content (AvgIpc) is 1.76. The molecule has 10 heavy (non-hydrogen) atoms. The summed E-state index contributed by atoms with van der Waals surface area (Å²) in [6.07, 6.45) is 3.30. The highest BCUT2D eigenvalue weighted by Crippen LogP contribution is 2.31. The van der Waals surface area contributed by atoms with Crippen molar-refractivity contribution < 1.29 is 4.43 Å². The summed E-state index contributed by atoms with van der Waals surface area (Å²) >= 11 is 2.46. The molecule has 0 amide bonds. The molecule has 0 bridgehead atoms. The van der Waals surface area contributed by atoms with Gasteiger partial charge < -0.3 is 4.43 Å². The van der Waals surface area contributed by atoms with Crippen LogP contribution in [0.2, 0.25) is 13.1 Å². The molecule has 0 atom stereocenters. The lowest BCUT2D eigenvalue weighted by Crippen LogP contribution is -2.35. The lowest BCUT2D eigenvalue weighted by molar-refractivity contribution is 0.0770. The Kier molecular flexibility index (Phi) is 3.66. The fraction of sp³-hybridized carbons (Fsp3) is 1.00. The van der Waals surface area contributed by atoms with E-state index in [1.54, 1.807) is 0 Å². The minimum atomic E-state index is -0.736. The van der Waals surface area contributed by atoms with Gasteiger partial charge >= 0.3 is 0 Å². The Balaban J connectivity index is 2.03. The molecule has 1 fully saturated rings. The minimum Gasteiger partial charge on any atom is -0.418 e. The number of rotatable bonds is 3. The van der Waals surface area contributed by atoms with Gasteiger partial charge in [0, 0.05) is 10.5 Å². The molecule has 0 saturated heterocycles. The van der Waals surface area contributed by atoms with Gasteiger partial charge in [0.1, 0.15) is 0 Å². The van der Waals surface area contributed by atoms with E-state index in [9.17, 15) is 0 Å². The maximum atomic E-state index is 5.75. The first-order valence-electron chi connectivity index (χ1n) is 3.93. The van der Waals surface area contributed by atoms with Gasteiger partial charge in [0.25, 0.3) is 0 Å². The predicted molar refractivity (Wildman–Crippen MR) is 55.4 cm³/mol. The predicted octanol–water partition coefficient (Wildman–Crippen LogP) is 2.20. The third-order valence-electron chi connectivity index (χ3n) is 1.88. The molecule has 1 saturated carbocycles. The second kappa shape index (κ2) is 4.06. The largest absolute Gasteiger partial charge is 0.418 e. The number of hydrogen-bond acceptors (Lipinski definition) is 1. The quantitative estimate of drug-likeness (QED) is 0.434. The molecular formula is C7H15IOSi. The number of alkyl halides is 1. The van der Waals surface area contributed by atoms with Crippen LogP contribution in [0.4, 0.5) is 0 Å². The Morgan fingerprint density at radius 2 is 2.10 bits per heavy atom. The van der Waals surface area contributed by atoms with Crippen molar-refractivity contribution >= 4 is 31.6 Å². The second-order valence-electron chi connectivity index (χ2n) is 3.30. The maximum Gasteiger partial charge on any atom is 0.171 e. The summed E-state index contributed by atoms with van der Waals surface area (Å²) in [6, 6.07) is 0. The van der Waals surface area contributed by atoms with E-state index in [1.807, 2.05) is 0 Å². The summed E-state index contributed by atoms with van der Waals surface area (Å²) in [4.78, 5) is 0.